The van der Waals surface area contributed by atoms with E-state index in [4.69, 9.17) is 5.73 Å². The molecule has 12 heavy (non-hydrogen) atoms. The van der Waals surface area contributed by atoms with Crippen molar-refractivity contribution in [1.82, 2.24) is 5.32 Å². The van der Waals surface area contributed by atoms with Gasteiger partial charge in [0.1, 0.15) is 0 Å². The standard InChI is InChI=1S/C10H22N2/c1-3-10(2,7-11)8-12-9-5-4-6-9/h9,12H,3-8,11H2,1-2H3. The fraction of sp³-hybridized carbons (Fsp3) is 1.00. The first kappa shape index (κ1) is 10.0. The molecule has 2 heteroatoms. The maximum Gasteiger partial charge on any atom is 0.00673 e. The maximum atomic E-state index is 5.72. The van der Waals surface area contributed by atoms with Crippen LogP contribution in [0.2, 0.25) is 0 Å². The summed E-state index contributed by atoms with van der Waals surface area (Å²) >= 11 is 0. The van der Waals surface area contributed by atoms with Gasteiger partial charge in [-0.3, -0.25) is 0 Å². The lowest BCUT2D eigenvalue weighted by molar-refractivity contribution is 0.249. The highest BCUT2D eigenvalue weighted by Gasteiger charge is 2.23. The van der Waals surface area contributed by atoms with Crippen molar-refractivity contribution in [2.75, 3.05) is 13.1 Å². The van der Waals surface area contributed by atoms with Crippen molar-refractivity contribution in [3.8, 4) is 0 Å². The van der Waals surface area contributed by atoms with Crippen LogP contribution in [0.1, 0.15) is 39.5 Å². The molecule has 2 nitrogen and oxygen atoms in total. The average molecular weight is 170 g/mol. The van der Waals surface area contributed by atoms with E-state index in [9.17, 15) is 0 Å². The quantitative estimate of drug-likeness (QED) is 0.656. The van der Waals surface area contributed by atoms with Gasteiger partial charge in [-0.2, -0.15) is 0 Å². The van der Waals surface area contributed by atoms with Gasteiger partial charge in [0.15, 0.2) is 0 Å². The summed E-state index contributed by atoms with van der Waals surface area (Å²) in [6, 6.07) is 0.794. The summed E-state index contributed by atoms with van der Waals surface area (Å²) in [6.45, 7) is 6.36. The van der Waals surface area contributed by atoms with Crippen LogP contribution < -0.4 is 11.1 Å². The third-order valence-corrected chi connectivity index (χ3v) is 3.27. The van der Waals surface area contributed by atoms with E-state index in [-0.39, 0.29) is 0 Å². The minimum absolute atomic E-state index is 0.315. The van der Waals surface area contributed by atoms with Crippen LogP contribution in [0.5, 0.6) is 0 Å². The third-order valence-electron chi connectivity index (χ3n) is 3.27. The maximum absolute atomic E-state index is 5.72. The lowest BCUT2D eigenvalue weighted by Crippen LogP contribution is -2.44. The molecule has 0 bridgehead atoms. The Balaban J connectivity index is 2.17. The number of hydrogen-bond acceptors (Lipinski definition) is 2. The summed E-state index contributed by atoms with van der Waals surface area (Å²) in [6.07, 6.45) is 5.31. The van der Waals surface area contributed by atoms with Gasteiger partial charge >= 0.3 is 0 Å². The van der Waals surface area contributed by atoms with Crippen molar-refractivity contribution in [2.24, 2.45) is 11.1 Å². The molecule has 0 aromatic heterocycles. The lowest BCUT2D eigenvalue weighted by Gasteiger charge is -2.33. The first-order chi connectivity index (χ1) is 5.70. The van der Waals surface area contributed by atoms with E-state index >= 15 is 0 Å². The number of nitrogens with two attached hydrogens (primary N) is 1. The number of rotatable bonds is 5. The molecule has 3 N–H and O–H groups in total. The topological polar surface area (TPSA) is 38.0 Å². The zero-order chi connectivity index (χ0) is 9.03. The van der Waals surface area contributed by atoms with Crippen LogP contribution in [-0.4, -0.2) is 19.1 Å². The van der Waals surface area contributed by atoms with E-state index in [1.54, 1.807) is 0 Å². The summed E-state index contributed by atoms with van der Waals surface area (Å²) in [7, 11) is 0. The Kier molecular flexibility index (Phi) is 3.53. The minimum atomic E-state index is 0.315. The molecule has 0 heterocycles. The second-order valence-electron chi connectivity index (χ2n) is 4.38. The molecule has 72 valence electrons. The predicted octanol–water partition coefficient (Wildman–Crippen LogP) is 1.50. The van der Waals surface area contributed by atoms with Gasteiger partial charge in [0.05, 0.1) is 0 Å². The van der Waals surface area contributed by atoms with Crippen molar-refractivity contribution >= 4 is 0 Å². The normalized spacial score (nSPS) is 23.2. The molecule has 1 rings (SSSR count). The molecule has 1 fully saturated rings. The van der Waals surface area contributed by atoms with Gasteiger partial charge in [0, 0.05) is 12.6 Å². The van der Waals surface area contributed by atoms with E-state index in [1.807, 2.05) is 0 Å². The molecule has 1 saturated carbocycles. The summed E-state index contributed by atoms with van der Waals surface area (Å²) in [5.74, 6) is 0. The molecule has 1 unspecified atom stereocenters. The molecule has 0 amide bonds. The zero-order valence-electron chi connectivity index (χ0n) is 8.40. The van der Waals surface area contributed by atoms with Crippen LogP contribution in [0.25, 0.3) is 0 Å². The van der Waals surface area contributed by atoms with Crippen LogP contribution in [0.15, 0.2) is 0 Å². The Morgan fingerprint density at radius 2 is 2.17 bits per heavy atom. The van der Waals surface area contributed by atoms with Crippen LogP contribution in [-0.2, 0) is 0 Å². The van der Waals surface area contributed by atoms with E-state index in [0.717, 1.165) is 19.1 Å². The van der Waals surface area contributed by atoms with Gasteiger partial charge in [-0.05, 0) is 31.2 Å². The highest BCUT2D eigenvalue weighted by molar-refractivity contribution is 4.82. The summed E-state index contributed by atoms with van der Waals surface area (Å²) in [5, 5.41) is 3.58. The molecule has 0 aliphatic heterocycles. The van der Waals surface area contributed by atoms with Crippen molar-refractivity contribution in [2.45, 2.75) is 45.6 Å². The van der Waals surface area contributed by atoms with E-state index < -0.39 is 0 Å². The van der Waals surface area contributed by atoms with Crippen molar-refractivity contribution in [3.05, 3.63) is 0 Å². The molecule has 1 aliphatic carbocycles. The predicted molar refractivity (Wildman–Crippen MR) is 53.1 cm³/mol. The van der Waals surface area contributed by atoms with Gasteiger partial charge in [-0.25, -0.2) is 0 Å². The van der Waals surface area contributed by atoms with Gasteiger partial charge in [-0.15, -0.1) is 0 Å². The summed E-state index contributed by atoms with van der Waals surface area (Å²) in [4.78, 5) is 0. The zero-order valence-corrected chi connectivity index (χ0v) is 8.40. The number of hydrogen-bond donors (Lipinski definition) is 2. The highest BCUT2D eigenvalue weighted by Crippen LogP contribution is 2.22. The van der Waals surface area contributed by atoms with Crippen molar-refractivity contribution < 1.29 is 0 Å². The first-order valence-electron chi connectivity index (χ1n) is 5.13. The highest BCUT2D eigenvalue weighted by atomic mass is 14.9. The SMILES string of the molecule is CCC(C)(CN)CNC1CCC1. The molecule has 1 atom stereocenters. The van der Waals surface area contributed by atoms with Gasteiger partial charge in [0.25, 0.3) is 0 Å². The third kappa shape index (κ3) is 2.46. The largest absolute Gasteiger partial charge is 0.330 e. The van der Waals surface area contributed by atoms with Crippen molar-refractivity contribution in [3.63, 3.8) is 0 Å². The summed E-state index contributed by atoms with van der Waals surface area (Å²) < 4.78 is 0. The second-order valence-corrected chi connectivity index (χ2v) is 4.38. The fourth-order valence-electron chi connectivity index (χ4n) is 1.34. The first-order valence-corrected chi connectivity index (χ1v) is 5.13. The minimum Gasteiger partial charge on any atom is -0.330 e. The molecular weight excluding hydrogens is 148 g/mol. The van der Waals surface area contributed by atoms with Gasteiger partial charge in [0.2, 0.25) is 0 Å². The Bertz CT molecular complexity index is 126. The molecule has 0 saturated heterocycles. The molecule has 0 aromatic carbocycles. The van der Waals surface area contributed by atoms with E-state index in [1.165, 1.54) is 25.7 Å². The monoisotopic (exact) mass is 170 g/mol. The Morgan fingerprint density at radius 3 is 2.50 bits per heavy atom. The van der Waals surface area contributed by atoms with Crippen LogP contribution in [0, 0.1) is 5.41 Å². The molecule has 0 spiro atoms. The van der Waals surface area contributed by atoms with E-state index in [2.05, 4.69) is 19.2 Å². The molecule has 0 aromatic rings. The Labute approximate surface area is 75.9 Å². The molecular formula is C10H22N2. The Hall–Kier alpha value is -0.0800. The van der Waals surface area contributed by atoms with Gasteiger partial charge < -0.3 is 11.1 Å². The van der Waals surface area contributed by atoms with Crippen LogP contribution >= 0.6 is 0 Å². The summed E-state index contributed by atoms with van der Waals surface area (Å²) in [5.41, 5.74) is 6.04. The smallest absolute Gasteiger partial charge is 0.00673 e. The van der Waals surface area contributed by atoms with Gasteiger partial charge in [-0.1, -0.05) is 20.3 Å². The van der Waals surface area contributed by atoms with Crippen molar-refractivity contribution in [1.29, 1.82) is 0 Å². The number of nitrogens with one attached hydrogen (secondary N) is 1. The molecule has 1 aliphatic rings. The second kappa shape index (κ2) is 4.24. The Morgan fingerprint density at radius 1 is 1.50 bits per heavy atom. The lowest BCUT2D eigenvalue weighted by atomic mass is 9.85. The van der Waals surface area contributed by atoms with E-state index in [0.29, 0.717) is 5.41 Å². The van der Waals surface area contributed by atoms with Crippen LogP contribution in [0.4, 0.5) is 0 Å². The average Bonchev–Trinajstić information content (AvgIpc) is 2.01. The fourth-order valence-corrected chi connectivity index (χ4v) is 1.34. The van der Waals surface area contributed by atoms with Crippen LogP contribution in [0.3, 0.4) is 0 Å². The molecule has 0 radical (unpaired) electrons.